The van der Waals surface area contributed by atoms with Crippen LogP contribution in [0.25, 0.3) is 0 Å². The monoisotopic (exact) mass is 172 g/mol. The molecule has 0 saturated carbocycles. The van der Waals surface area contributed by atoms with Gasteiger partial charge in [0.15, 0.2) is 0 Å². The molecule has 1 heterocycles. The Morgan fingerprint density at radius 3 is 1.92 bits per heavy atom. The highest BCUT2D eigenvalue weighted by Gasteiger charge is 2.03. The topological polar surface area (TPSA) is 15.6 Å². The highest BCUT2D eigenvalue weighted by atomic mass is 15.2. The summed E-state index contributed by atoms with van der Waals surface area (Å²) in [5.41, 5.74) is 0. The molecule has 0 saturated heterocycles. The van der Waals surface area contributed by atoms with E-state index in [4.69, 9.17) is 0 Å². The molecule has 0 bridgehead atoms. The molecule has 1 aliphatic rings. The van der Waals surface area contributed by atoms with Crippen molar-refractivity contribution in [3.8, 4) is 0 Å². The molecule has 0 radical (unpaired) electrons. The van der Waals surface area contributed by atoms with E-state index in [2.05, 4.69) is 23.9 Å². The maximum atomic E-state index is 4.25. The maximum absolute atomic E-state index is 4.25. The van der Waals surface area contributed by atoms with Gasteiger partial charge in [-0.15, -0.1) is 0 Å². The van der Waals surface area contributed by atoms with Crippen molar-refractivity contribution in [2.45, 2.75) is 41.0 Å². The van der Waals surface area contributed by atoms with Crippen molar-refractivity contribution in [3.63, 3.8) is 0 Å². The number of rotatable bonds is 0. The van der Waals surface area contributed by atoms with E-state index in [0.717, 1.165) is 6.54 Å². The summed E-state index contributed by atoms with van der Waals surface area (Å²) in [6.07, 6.45) is 1.22. The third-order valence-corrected chi connectivity index (χ3v) is 1.54. The van der Waals surface area contributed by atoms with Gasteiger partial charge in [0, 0.05) is 20.1 Å². The SMILES string of the molecule is CC.CC.CC1=NCCCN1C. The first-order chi connectivity index (χ1) is 5.80. The molecule has 0 amide bonds. The number of hydrogen-bond acceptors (Lipinski definition) is 2. The van der Waals surface area contributed by atoms with Gasteiger partial charge in [-0.2, -0.15) is 0 Å². The number of amidine groups is 1. The lowest BCUT2D eigenvalue weighted by Gasteiger charge is -2.21. The lowest BCUT2D eigenvalue weighted by atomic mass is 10.3. The van der Waals surface area contributed by atoms with Crippen LogP contribution < -0.4 is 0 Å². The Bertz CT molecular complexity index is 108. The van der Waals surface area contributed by atoms with Crippen LogP contribution in [0.3, 0.4) is 0 Å². The lowest BCUT2D eigenvalue weighted by molar-refractivity contribution is 0.464. The average Bonchev–Trinajstić information content (AvgIpc) is 2.17. The van der Waals surface area contributed by atoms with Crippen LogP contribution in [0.1, 0.15) is 41.0 Å². The zero-order valence-electron chi connectivity index (χ0n) is 9.52. The van der Waals surface area contributed by atoms with Crippen LogP contribution in [0.5, 0.6) is 0 Å². The third-order valence-electron chi connectivity index (χ3n) is 1.54. The van der Waals surface area contributed by atoms with Gasteiger partial charge in [-0.05, 0) is 13.3 Å². The number of hydrogen-bond donors (Lipinski definition) is 0. The molecule has 74 valence electrons. The summed E-state index contributed by atoms with van der Waals surface area (Å²) in [5, 5.41) is 0. The number of nitrogens with zero attached hydrogens (tertiary/aromatic N) is 2. The standard InChI is InChI=1S/C6H12N2.2C2H6/c1-6-7-4-3-5-8(6)2;2*1-2/h3-5H2,1-2H3;2*1-2H3. The Balaban J connectivity index is 0. The molecule has 0 fully saturated rings. The van der Waals surface area contributed by atoms with E-state index in [9.17, 15) is 0 Å². The normalized spacial score (nSPS) is 14.8. The Labute approximate surface area is 77.7 Å². The van der Waals surface area contributed by atoms with Gasteiger partial charge in [0.25, 0.3) is 0 Å². The molecular formula is C10H24N2. The van der Waals surface area contributed by atoms with Gasteiger partial charge in [0.05, 0.1) is 5.84 Å². The minimum Gasteiger partial charge on any atom is -0.364 e. The van der Waals surface area contributed by atoms with E-state index in [1.54, 1.807) is 0 Å². The van der Waals surface area contributed by atoms with Crippen LogP contribution in [-0.4, -0.2) is 30.9 Å². The number of aliphatic imine (C=N–C) groups is 1. The summed E-state index contributed by atoms with van der Waals surface area (Å²) in [7, 11) is 2.08. The van der Waals surface area contributed by atoms with Crippen LogP contribution in [0.15, 0.2) is 4.99 Å². The molecule has 2 heteroatoms. The first-order valence-corrected chi connectivity index (χ1v) is 5.03. The van der Waals surface area contributed by atoms with E-state index < -0.39 is 0 Å². The summed E-state index contributed by atoms with van der Waals surface area (Å²) < 4.78 is 0. The Morgan fingerprint density at radius 1 is 1.17 bits per heavy atom. The highest BCUT2D eigenvalue weighted by Crippen LogP contribution is 1.97. The lowest BCUT2D eigenvalue weighted by Crippen LogP contribution is -2.29. The van der Waals surface area contributed by atoms with Gasteiger partial charge >= 0.3 is 0 Å². The maximum Gasteiger partial charge on any atom is 0.0954 e. The van der Waals surface area contributed by atoms with Crippen LogP contribution in [0.2, 0.25) is 0 Å². The predicted octanol–water partition coefficient (Wildman–Crippen LogP) is 2.79. The van der Waals surface area contributed by atoms with Crippen molar-refractivity contribution in [1.29, 1.82) is 0 Å². The molecular weight excluding hydrogens is 148 g/mol. The summed E-state index contributed by atoms with van der Waals surface area (Å²) in [4.78, 5) is 6.44. The van der Waals surface area contributed by atoms with Crippen LogP contribution in [0.4, 0.5) is 0 Å². The largest absolute Gasteiger partial charge is 0.364 e. The quantitative estimate of drug-likeness (QED) is 0.548. The molecule has 0 unspecified atom stereocenters. The fourth-order valence-electron chi connectivity index (χ4n) is 0.831. The van der Waals surface area contributed by atoms with E-state index in [-0.39, 0.29) is 0 Å². The van der Waals surface area contributed by atoms with E-state index in [1.807, 2.05) is 27.7 Å². The summed E-state index contributed by atoms with van der Waals surface area (Å²) in [5.74, 6) is 1.18. The zero-order valence-corrected chi connectivity index (χ0v) is 9.52. The van der Waals surface area contributed by atoms with Crippen molar-refractivity contribution in [2.75, 3.05) is 20.1 Å². The second-order valence-electron chi connectivity index (χ2n) is 2.20. The van der Waals surface area contributed by atoms with Gasteiger partial charge in [0.1, 0.15) is 0 Å². The molecule has 0 aromatic carbocycles. The molecule has 0 aromatic rings. The van der Waals surface area contributed by atoms with Crippen LogP contribution >= 0.6 is 0 Å². The average molecular weight is 172 g/mol. The fourth-order valence-corrected chi connectivity index (χ4v) is 0.831. The minimum absolute atomic E-state index is 1.02. The Hall–Kier alpha value is -0.530. The van der Waals surface area contributed by atoms with E-state index in [0.29, 0.717) is 0 Å². The summed E-state index contributed by atoms with van der Waals surface area (Å²) in [6.45, 7) is 12.3. The van der Waals surface area contributed by atoms with Crippen molar-refractivity contribution in [2.24, 2.45) is 4.99 Å². The Morgan fingerprint density at radius 2 is 1.67 bits per heavy atom. The highest BCUT2D eigenvalue weighted by molar-refractivity contribution is 5.79. The van der Waals surface area contributed by atoms with Crippen molar-refractivity contribution in [1.82, 2.24) is 4.90 Å². The summed E-state index contributed by atoms with van der Waals surface area (Å²) in [6, 6.07) is 0. The minimum atomic E-state index is 1.02. The molecule has 0 aromatic heterocycles. The van der Waals surface area contributed by atoms with Gasteiger partial charge < -0.3 is 4.90 Å². The summed E-state index contributed by atoms with van der Waals surface area (Å²) >= 11 is 0. The zero-order chi connectivity index (χ0) is 9.98. The van der Waals surface area contributed by atoms with E-state index >= 15 is 0 Å². The molecule has 0 spiro atoms. The molecule has 0 aliphatic carbocycles. The van der Waals surface area contributed by atoms with Crippen molar-refractivity contribution < 1.29 is 0 Å². The fraction of sp³-hybridized carbons (Fsp3) is 0.900. The molecule has 0 N–H and O–H groups in total. The first kappa shape index (κ1) is 14.0. The third kappa shape index (κ3) is 6.20. The van der Waals surface area contributed by atoms with Gasteiger partial charge in [-0.3, -0.25) is 4.99 Å². The van der Waals surface area contributed by atoms with Crippen molar-refractivity contribution >= 4 is 5.84 Å². The van der Waals surface area contributed by atoms with Gasteiger partial charge in [-0.25, -0.2) is 0 Å². The molecule has 2 nitrogen and oxygen atoms in total. The van der Waals surface area contributed by atoms with Crippen LogP contribution in [-0.2, 0) is 0 Å². The molecule has 0 atom stereocenters. The predicted molar refractivity (Wildman–Crippen MR) is 57.9 cm³/mol. The van der Waals surface area contributed by atoms with Crippen molar-refractivity contribution in [3.05, 3.63) is 0 Å². The van der Waals surface area contributed by atoms with Gasteiger partial charge in [0.2, 0.25) is 0 Å². The second-order valence-corrected chi connectivity index (χ2v) is 2.20. The first-order valence-electron chi connectivity index (χ1n) is 5.03. The smallest absolute Gasteiger partial charge is 0.0954 e. The Kier molecular flexibility index (Phi) is 12.2. The molecule has 12 heavy (non-hydrogen) atoms. The molecule has 1 rings (SSSR count). The van der Waals surface area contributed by atoms with E-state index in [1.165, 1.54) is 18.8 Å². The molecule has 1 aliphatic heterocycles. The van der Waals surface area contributed by atoms with Crippen LogP contribution in [0, 0.1) is 0 Å². The van der Waals surface area contributed by atoms with Gasteiger partial charge in [-0.1, -0.05) is 27.7 Å². The second kappa shape index (κ2) is 10.5.